The predicted molar refractivity (Wildman–Crippen MR) is 184 cm³/mol. The molecule has 0 atom stereocenters. The highest BCUT2D eigenvalue weighted by Crippen LogP contribution is 2.47. The first kappa shape index (κ1) is 25.4. The molecule has 7 aromatic carbocycles. The van der Waals surface area contributed by atoms with Gasteiger partial charge in [0, 0.05) is 27.7 Å². The molecule has 0 aliphatic rings. The van der Waals surface area contributed by atoms with Crippen LogP contribution in [0.1, 0.15) is 0 Å². The number of furan rings is 1. The summed E-state index contributed by atoms with van der Waals surface area (Å²) >= 11 is 0. The first-order valence-electron chi connectivity index (χ1n) is 15.0. The molecule has 0 bridgehead atoms. The molecule has 2 heterocycles. The van der Waals surface area contributed by atoms with Crippen molar-refractivity contribution < 1.29 is 8.83 Å². The fourth-order valence-electron chi connectivity index (χ4n) is 6.36. The van der Waals surface area contributed by atoms with Gasteiger partial charge in [-0.05, 0) is 77.2 Å². The molecule has 212 valence electrons. The molecular weight excluding hydrogens is 552 g/mol. The minimum Gasteiger partial charge on any atom is -0.456 e. The van der Waals surface area contributed by atoms with Crippen LogP contribution < -0.4 is 4.90 Å². The average Bonchev–Trinajstić information content (AvgIpc) is 3.70. The normalized spacial score (nSPS) is 11.6. The smallest absolute Gasteiger partial charge is 0.227 e. The molecule has 0 spiro atoms. The molecule has 4 heteroatoms. The number of rotatable bonds is 5. The van der Waals surface area contributed by atoms with Crippen LogP contribution in [0, 0.1) is 0 Å². The maximum absolute atomic E-state index is 6.57. The number of anilines is 3. The quantitative estimate of drug-likeness (QED) is 0.204. The van der Waals surface area contributed by atoms with E-state index in [1.807, 2.05) is 42.5 Å². The summed E-state index contributed by atoms with van der Waals surface area (Å²) in [5.74, 6) is 0.589. The van der Waals surface area contributed by atoms with Gasteiger partial charge in [0.25, 0.3) is 0 Å². The van der Waals surface area contributed by atoms with Gasteiger partial charge in [-0.15, -0.1) is 0 Å². The number of hydrogen-bond donors (Lipinski definition) is 0. The first-order valence-corrected chi connectivity index (χ1v) is 15.0. The molecule has 0 radical (unpaired) electrons. The molecule has 0 unspecified atom stereocenters. The van der Waals surface area contributed by atoms with Gasteiger partial charge in [0.15, 0.2) is 5.58 Å². The maximum Gasteiger partial charge on any atom is 0.227 e. The molecule has 0 saturated heterocycles. The summed E-state index contributed by atoms with van der Waals surface area (Å²) < 4.78 is 12.7. The molecule has 0 saturated carbocycles. The topological polar surface area (TPSA) is 42.4 Å². The Morgan fingerprint density at radius 1 is 0.444 bits per heavy atom. The molecule has 45 heavy (non-hydrogen) atoms. The third kappa shape index (κ3) is 4.27. The molecule has 9 aromatic rings. The van der Waals surface area contributed by atoms with E-state index < -0.39 is 0 Å². The van der Waals surface area contributed by atoms with Crippen molar-refractivity contribution in [3.63, 3.8) is 0 Å². The number of para-hydroxylation sites is 3. The van der Waals surface area contributed by atoms with Crippen LogP contribution in [0.5, 0.6) is 0 Å². The van der Waals surface area contributed by atoms with Crippen molar-refractivity contribution >= 4 is 60.9 Å². The molecule has 0 aliphatic carbocycles. The minimum atomic E-state index is 0.589. The van der Waals surface area contributed by atoms with E-state index in [2.05, 4.69) is 120 Å². The van der Waals surface area contributed by atoms with Crippen LogP contribution in [0.2, 0.25) is 0 Å². The lowest BCUT2D eigenvalue weighted by molar-refractivity contribution is 0.620. The lowest BCUT2D eigenvalue weighted by atomic mass is 9.99. The summed E-state index contributed by atoms with van der Waals surface area (Å²) in [5, 5.41) is 4.29. The van der Waals surface area contributed by atoms with Crippen molar-refractivity contribution in [1.29, 1.82) is 0 Å². The number of hydrogen-bond acceptors (Lipinski definition) is 4. The van der Waals surface area contributed by atoms with E-state index in [0.717, 1.165) is 66.4 Å². The van der Waals surface area contributed by atoms with Gasteiger partial charge < -0.3 is 13.7 Å². The summed E-state index contributed by atoms with van der Waals surface area (Å²) in [5.41, 5.74) is 9.70. The van der Waals surface area contributed by atoms with Gasteiger partial charge in [-0.3, -0.25) is 0 Å². The van der Waals surface area contributed by atoms with Crippen LogP contribution in [0.4, 0.5) is 17.1 Å². The fraction of sp³-hybridized carbons (Fsp3) is 0. The van der Waals surface area contributed by atoms with Crippen molar-refractivity contribution in [3.05, 3.63) is 158 Å². The number of fused-ring (bicyclic) bond motifs is 5. The third-order valence-electron chi connectivity index (χ3n) is 8.47. The molecular formula is C41H26N2O2. The lowest BCUT2D eigenvalue weighted by Gasteiger charge is -2.28. The molecule has 0 fully saturated rings. The monoisotopic (exact) mass is 578 g/mol. The third-order valence-corrected chi connectivity index (χ3v) is 8.47. The fourth-order valence-corrected chi connectivity index (χ4v) is 6.36. The van der Waals surface area contributed by atoms with Crippen LogP contribution in [0.3, 0.4) is 0 Å². The minimum absolute atomic E-state index is 0.589. The Morgan fingerprint density at radius 2 is 1.11 bits per heavy atom. The van der Waals surface area contributed by atoms with E-state index in [1.54, 1.807) is 0 Å². The zero-order valence-electron chi connectivity index (χ0n) is 24.2. The number of nitrogens with zero attached hydrogens (tertiary/aromatic N) is 2. The van der Waals surface area contributed by atoms with Crippen LogP contribution in [-0.2, 0) is 0 Å². The largest absolute Gasteiger partial charge is 0.456 e. The summed E-state index contributed by atoms with van der Waals surface area (Å²) in [6.07, 6.45) is 0. The van der Waals surface area contributed by atoms with Crippen LogP contribution in [0.25, 0.3) is 66.4 Å². The Labute approximate surface area is 259 Å². The van der Waals surface area contributed by atoms with Crippen molar-refractivity contribution in [2.45, 2.75) is 0 Å². The highest BCUT2D eigenvalue weighted by atomic mass is 16.3. The summed E-state index contributed by atoms with van der Waals surface area (Å²) in [7, 11) is 0. The van der Waals surface area contributed by atoms with E-state index in [-0.39, 0.29) is 0 Å². The van der Waals surface area contributed by atoms with Crippen molar-refractivity contribution in [1.82, 2.24) is 4.98 Å². The first-order chi connectivity index (χ1) is 22.3. The molecule has 2 aromatic heterocycles. The maximum atomic E-state index is 6.57. The van der Waals surface area contributed by atoms with Gasteiger partial charge in [0.05, 0.1) is 11.1 Å². The lowest BCUT2D eigenvalue weighted by Crippen LogP contribution is -2.11. The van der Waals surface area contributed by atoms with Crippen LogP contribution >= 0.6 is 0 Å². The molecule has 9 rings (SSSR count). The summed E-state index contributed by atoms with van der Waals surface area (Å²) in [6, 6.07) is 54.5. The average molecular weight is 579 g/mol. The van der Waals surface area contributed by atoms with Crippen molar-refractivity contribution in [2.75, 3.05) is 4.90 Å². The summed E-state index contributed by atoms with van der Waals surface area (Å²) in [4.78, 5) is 7.13. The second kappa shape index (κ2) is 10.2. The molecule has 4 nitrogen and oxygen atoms in total. The summed E-state index contributed by atoms with van der Waals surface area (Å²) in [6.45, 7) is 0. The van der Waals surface area contributed by atoms with Gasteiger partial charge in [0.2, 0.25) is 5.89 Å². The Morgan fingerprint density at radius 3 is 1.93 bits per heavy atom. The Hall–Kier alpha value is -6.13. The van der Waals surface area contributed by atoms with E-state index >= 15 is 0 Å². The second-order valence-corrected chi connectivity index (χ2v) is 11.2. The molecule has 0 amide bonds. The Bertz CT molecular complexity index is 2440. The Balaban J connectivity index is 1.32. The van der Waals surface area contributed by atoms with Gasteiger partial charge in [-0.1, -0.05) is 97.1 Å². The Kier molecular flexibility index (Phi) is 5.78. The van der Waals surface area contributed by atoms with E-state index in [9.17, 15) is 0 Å². The van der Waals surface area contributed by atoms with Crippen LogP contribution in [0.15, 0.2) is 167 Å². The van der Waals surface area contributed by atoms with Crippen molar-refractivity contribution in [2.24, 2.45) is 0 Å². The molecule has 0 aliphatic heterocycles. The highest BCUT2D eigenvalue weighted by Gasteiger charge is 2.23. The number of oxazole rings is 1. The van der Waals surface area contributed by atoms with Crippen molar-refractivity contribution in [3.8, 4) is 22.6 Å². The highest BCUT2D eigenvalue weighted by molar-refractivity contribution is 6.22. The standard InChI is InChI=1S/C41H26N2O2/c1-3-11-27(12-4-1)28-19-22-32(23-20-28)43(31-14-5-2-6-15-31)40-33-16-8-7-13-29(33)26-38-39(40)34-25-30(21-24-36(34)44-38)41-42-35-17-9-10-18-37(35)45-41/h1-26H. The molecule has 0 N–H and O–H groups in total. The van der Waals surface area contributed by atoms with Gasteiger partial charge >= 0.3 is 0 Å². The van der Waals surface area contributed by atoms with E-state index in [0.29, 0.717) is 5.89 Å². The van der Waals surface area contributed by atoms with Gasteiger partial charge in [0.1, 0.15) is 16.7 Å². The zero-order valence-corrected chi connectivity index (χ0v) is 24.2. The van der Waals surface area contributed by atoms with E-state index in [4.69, 9.17) is 13.8 Å². The number of benzene rings is 7. The SMILES string of the molecule is c1ccc(-c2ccc(N(c3ccccc3)c3c4ccccc4cc4oc5ccc(-c6nc7ccccc7o6)cc5c34)cc2)cc1. The van der Waals surface area contributed by atoms with Gasteiger partial charge in [-0.25, -0.2) is 4.98 Å². The zero-order chi connectivity index (χ0) is 29.7. The predicted octanol–water partition coefficient (Wildman–Crippen LogP) is 11.7. The second-order valence-electron chi connectivity index (χ2n) is 11.2. The van der Waals surface area contributed by atoms with E-state index in [1.165, 1.54) is 11.1 Å². The van der Waals surface area contributed by atoms with Crippen LogP contribution in [-0.4, -0.2) is 4.98 Å². The number of aromatic nitrogens is 1. The van der Waals surface area contributed by atoms with Gasteiger partial charge in [-0.2, -0.15) is 0 Å².